The van der Waals surface area contributed by atoms with Gasteiger partial charge in [0, 0.05) is 9.86 Å². The van der Waals surface area contributed by atoms with E-state index in [0.29, 0.717) is 4.47 Å². The molecule has 2 N–H and O–H groups in total. The van der Waals surface area contributed by atoms with E-state index < -0.39 is 29.5 Å². The van der Waals surface area contributed by atoms with E-state index >= 15 is 0 Å². The average Bonchev–Trinajstić information content (AvgIpc) is 2.24. The number of hydrogen-bond donors (Lipinski definition) is 2. The lowest BCUT2D eigenvalue weighted by Gasteiger charge is -2.09. The molecule has 2 aromatic rings. The molecule has 0 unspecified atom stereocenters. The Morgan fingerprint density at radius 2 is 2.00 bits per heavy atom. The molecule has 2 rings (SSSR count). The lowest BCUT2D eigenvalue weighted by atomic mass is 10.1. The highest BCUT2D eigenvalue weighted by Gasteiger charge is 2.31. The third kappa shape index (κ3) is 2.50. The SMILES string of the molecule is O=c1[nH]c2ccc(Br)cc2c(O)c1CC(F)(F)F. The number of hydrogen-bond acceptors (Lipinski definition) is 2. The number of halogens is 4. The van der Waals surface area contributed by atoms with Crippen LogP contribution in [0, 0.1) is 0 Å². The number of nitrogens with one attached hydrogen (secondary N) is 1. The number of H-pyrrole nitrogens is 1. The van der Waals surface area contributed by atoms with Crippen LogP contribution >= 0.6 is 15.9 Å². The maximum atomic E-state index is 12.3. The first kappa shape index (κ1) is 12.9. The fourth-order valence-corrected chi connectivity index (χ4v) is 2.01. The van der Waals surface area contributed by atoms with E-state index in [1.807, 2.05) is 0 Å². The molecule has 0 fully saturated rings. The largest absolute Gasteiger partial charge is 0.507 e. The molecule has 0 bridgehead atoms. The first-order chi connectivity index (χ1) is 8.28. The Morgan fingerprint density at radius 3 is 2.61 bits per heavy atom. The van der Waals surface area contributed by atoms with Crippen LogP contribution in [0.2, 0.25) is 0 Å². The molecule has 0 radical (unpaired) electrons. The number of aromatic nitrogens is 1. The van der Waals surface area contributed by atoms with Gasteiger partial charge in [-0.15, -0.1) is 0 Å². The standard InChI is InChI=1S/C11H7BrF3NO2/c12-5-1-2-8-6(3-5)9(17)7(10(18)16-8)4-11(13,14)15/h1-3H,4H2,(H2,16,17,18). The summed E-state index contributed by atoms with van der Waals surface area (Å²) in [6.45, 7) is 0. The summed E-state index contributed by atoms with van der Waals surface area (Å²) < 4.78 is 37.5. The van der Waals surface area contributed by atoms with Gasteiger partial charge >= 0.3 is 6.18 Å². The summed E-state index contributed by atoms with van der Waals surface area (Å²) in [5.74, 6) is -0.632. The minimum absolute atomic E-state index is 0.170. The van der Waals surface area contributed by atoms with Crippen molar-refractivity contribution in [3.63, 3.8) is 0 Å². The van der Waals surface area contributed by atoms with Crippen molar-refractivity contribution in [1.82, 2.24) is 4.98 Å². The third-order valence-corrected chi connectivity index (χ3v) is 2.92. The molecule has 0 saturated heterocycles. The lowest BCUT2D eigenvalue weighted by molar-refractivity contribution is -0.127. The molecule has 1 heterocycles. The number of aromatic amines is 1. The number of rotatable bonds is 1. The van der Waals surface area contributed by atoms with Crippen molar-refractivity contribution in [2.75, 3.05) is 0 Å². The molecule has 1 aromatic carbocycles. The fraction of sp³-hybridized carbons (Fsp3) is 0.182. The Bertz CT molecular complexity index is 664. The van der Waals surface area contributed by atoms with Gasteiger partial charge in [-0.25, -0.2) is 0 Å². The highest BCUT2D eigenvalue weighted by Crippen LogP contribution is 2.31. The number of alkyl halides is 3. The molecule has 18 heavy (non-hydrogen) atoms. The summed E-state index contributed by atoms with van der Waals surface area (Å²) in [6.07, 6.45) is -6.01. The molecule has 96 valence electrons. The average molecular weight is 322 g/mol. The van der Waals surface area contributed by atoms with E-state index in [4.69, 9.17) is 0 Å². The minimum atomic E-state index is -4.55. The molecule has 0 aliphatic heterocycles. The van der Waals surface area contributed by atoms with Gasteiger partial charge in [0.05, 0.1) is 17.5 Å². The van der Waals surface area contributed by atoms with Gasteiger partial charge in [-0.3, -0.25) is 4.79 Å². The molecule has 0 aliphatic carbocycles. The van der Waals surface area contributed by atoms with Crippen LogP contribution in [0.3, 0.4) is 0 Å². The van der Waals surface area contributed by atoms with E-state index in [-0.39, 0.29) is 10.9 Å². The van der Waals surface area contributed by atoms with Gasteiger partial charge in [0.1, 0.15) is 5.75 Å². The smallest absolute Gasteiger partial charge is 0.393 e. The molecule has 0 atom stereocenters. The maximum Gasteiger partial charge on any atom is 0.393 e. The maximum absolute atomic E-state index is 12.3. The second kappa shape index (κ2) is 4.31. The van der Waals surface area contributed by atoms with Crippen molar-refractivity contribution in [2.45, 2.75) is 12.6 Å². The number of fused-ring (bicyclic) bond motifs is 1. The van der Waals surface area contributed by atoms with Crippen molar-refractivity contribution >= 4 is 26.8 Å². The Morgan fingerprint density at radius 1 is 1.33 bits per heavy atom. The minimum Gasteiger partial charge on any atom is -0.507 e. The Kier molecular flexibility index (Phi) is 3.10. The second-order valence-corrected chi connectivity index (χ2v) is 4.68. The third-order valence-electron chi connectivity index (χ3n) is 2.42. The summed E-state index contributed by atoms with van der Waals surface area (Å²) >= 11 is 3.15. The number of pyridine rings is 1. The van der Waals surface area contributed by atoms with Gasteiger partial charge in [0.2, 0.25) is 0 Å². The summed E-state index contributed by atoms with van der Waals surface area (Å²) in [7, 11) is 0. The van der Waals surface area contributed by atoms with Gasteiger partial charge in [0.25, 0.3) is 5.56 Å². The van der Waals surface area contributed by atoms with Crippen LogP contribution < -0.4 is 5.56 Å². The number of aromatic hydroxyl groups is 1. The molecule has 0 aliphatic rings. The molecule has 1 aromatic heterocycles. The molecular formula is C11H7BrF3NO2. The first-order valence-electron chi connectivity index (χ1n) is 4.88. The molecule has 0 saturated carbocycles. The Balaban J connectivity index is 2.71. The van der Waals surface area contributed by atoms with E-state index in [9.17, 15) is 23.1 Å². The Labute approximate surface area is 107 Å². The van der Waals surface area contributed by atoms with Gasteiger partial charge in [0.15, 0.2) is 0 Å². The van der Waals surface area contributed by atoms with Crippen LogP contribution in [0.5, 0.6) is 5.75 Å². The second-order valence-electron chi connectivity index (χ2n) is 3.76. The highest BCUT2D eigenvalue weighted by molar-refractivity contribution is 9.10. The number of benzene rings is 1. The fourth-order valence-electron chi connectivity index (χ4n) is 1.65. The van der Waals surface area contributed by atoms with Crippen LogP contribution in [-0.2, 0) is 6.42 Å². The summed E-state index contributed by atoms with van der Waals surface area (Å²) in [4.78, 5) is 13.8. The molecule has 0 amide bonds. The van der Waals surface area contributed by atoms with Crippen molar-refractivity contribution in [1.29, 1.82) is 0 Å². The van der Waals surface area contributed by atoms with Gasteiger partial charge in [-0.1, -0.05) is 15.9 Å². The molecule has 7 heteroatoms. The summed E-state index contributed by atoms with van der Waals surface area (Å²) in [5.41, 5.74) is -1.32. The monoisotopic (exact) mass is 321 g/mol. The van der Waals surface area contributed by atoms with E-state index in [2.05, 4.69) is 20.9 Å². The van der Waals surface area contributed by atoms with Crippen LogP contribution in [0.25, 0.3) is 10.9 Å². The van der Waals surface area contributed by atoms with Crippen LogP contribution in [0.4, 0.5) is 13.2 Å². The van der Waals surface area contributed by atoms with Crippen molar-refractivity contribution in [3.05, 3.63) is 38.6 Å². The van der Waals surface area contributed by atoms with E-state index in [1.54, 1.807) is 6.07 Å². The van der Waals surface area contributed by atoms with Crippen molar-refractivity contribution < 1.29 is 18.3 Å². The normalized spacial score (nSPS) is 12.0. The van der Waals surface area contributed by atoms with Crippen LogP contribution in [-0.4, -0.2) is 16.3 Å². The zero-order chi connectivity index (χ0) is 13.5. The molecule has 0 spiro atoms. The topological polar surface area (TPSA) is 53.1 Å². The Hall–Kier alpha value is -1.50. The van der Waals surface area contributed by atoms with E-state index in [0.717, 1.165) is 0 Å². The van der Waals surface area contributed by atoms with Crippen LogP contribution in [0.15, 0.2) is 27.5 Å². The van der Waals surface area contributed by atoms with Crippen LogP contribution in [0.1, 0.15) is 5.56 Å². The summed E-state index contributed by atoms with van der Waals surface area (Å²) in [5, 5.41) is 9.95. The quantitative estimate of drug-likeness (QED) is 0.848. The van der Waals surface area contributed by atoms with Crippen molar-refractivity contribution in [3.8, 4) is 5.75 Å². The van der Waals surface area contributed by atoms with Gasteiger partial charge < -0.3 is 10.1 Å². The van der Waals surface area contributed by atoms with Crippen molar-refractivity contribution in [2.24, 2.45) is 0 Å². The van der Waals surface area contributed by atoms with Gasteiger partial charge in [-0.05, 0) is 18.2 Å². The van der Waals surface area contributed by atoms with E-state index in [1.165, 1.54) is 12.1 Å². The molecular weight excluding hydrogens is 315 g/mol. The first-order valence-corrected chi connectivity index (χ1v) is 5.67. The predicted molar refractivity (Wildman–Crippen MR) is 63.7 cm³/mol. The summed E-state index contributed by atoms with van der Waals surface area (Å²) in [6, 6.07) is 4.56. The predicted octanol–water partition coefficient (Wildman–Crippen LogP) is 3.10. The van der Waals surface area contributed by atoms with Gasteiger partial charge in [-0.2, -0.15) is 13.2 Å². The molecule has 3 nitrogen and oxygen atoms in total. The highest BCUT2D eigenvalue weighted by atomic mass is 79.9. The zero-order valence-corrected chi connectivity index (χ0v) is 10.4. The lowest BCUT2D eigenvalue weighted by Crippen LogP contribution is -2.21. The zero-order valence-electron chi connectivity index (χ0n) is 8.81.